The van der Waals surface area contributed by atoms with Crippen LogP contribution in [0.15, 0.2) is 0 Å². The number of hydrogen-bond acceptors (Lipinski definition) is 5. The van der Waals surface area contributed by atoms with Crippen molar-refractivity contribution in [1.82, 2.24) is 5.32 Å². The van der Waals surface area contributed by atoms with Crippen LogP contribution in [0.2, 0.25) is 0 Å². The molecular formula is C11H19NO4. The Hall–Kier alpha value is -0.650. The van der Waals surface area contributed by atoms with Crippen molar-refractivity contribution in [3.05, 3.63) is 0 Å². The van der Waals surface area contributed by atoms with Gasteiger partial charge >= 0.3 is 5.97 Å². The first-order valence-electron chi connectivity index (χ1n) is 5.91. The number of nitrogens with one attached hydrogen (secondary N) is 1. The van der Waals surface area contributed by atoms with E-state index in [1.807, 2.05) is 0 Å². The number of carbonyl (C=O) groups is 1. The van der Waals surface area contributed by atoms with Gasteiger partial charge in [0.1, 0.15) is 6.04 Å². The van der Waals surface area contributed by atoms with Gasteiger partial charge < -0.3 is 19.9 Å². The minimum atomic E-state index is -0.416. The van der Waals surface area contributed by atoms with E-state index in [2.05, 4.69) is 5.32 Å². The highest BCUT2D eigenvalue weighted by Gasteiger charge is 2.29. The van der Waals surface area contributed by atoms with Crippen LogP contribution in [0, 0.1) is 5.92 Å². The van der Waals surface area contributed by atoms with Crippen molar-refractivity contribution in [3.63, 3.8) is 0 Å². The lowest BCUT2D eigenvalue weighted by Gasteiger charge is -2.22. The third-order valence-corrected chi connectivity index (χ3v) is 3.19. The third kappa shape index (κ3) is 3.17. The molecule has 0 bridgehead atoms. The van der Waals surface area contributed by atoms with E-state index in [1.54, 1.807) is 0 Å². The summed E-state index contributed by atoms with van der Waals surface area (Å²) >= 11 is 0. The summed E-state index contributed by atoms with van der Waals surface area (Å²) in [5, 5.41) is 12.2. The smallest absolute Gasteiger partial charge is 0.323 e. The summed E-state index contributed by atoms with van der Waals surface area (Å²) < 4.78 is 10.5. The minimum absolute atomic E-state index is 0.233. The fourth-order valence-electron chi connectivity index (χ4n) is 2.11. The molecule has 92 valence electrons. The lowest BCUT2D eigenvalue weighted by atomic mass is 10.0. The predicted octanol–water partition coefficient (Wildman–Crippen LogP) is -0.321. The Morgan fingerprint density at radius 1 is 1.44 bits per heavy atom. The Morgan fingerprint density at radius 3 is 2.81 bits per heavy atom. The normalized spacial score (nSPS) is 31.6. The summed E-state index contributed by atoms with van der Waals surface area (Å²) in [6, 6.07) is -0.324. The molecule has 0 saturated carbocycles. The first-order valence-corrected chi connectivity index (χ1v) is 5.91. The van der Waals surface area contributed by atoms with E-state index in [0.29, 0.717) is 25.5 Å². The van der Waals surface area contributed by atoms with Crippen LogP contribution in [0.5, 0.6) is 0 Å². The fourth-order valence-corrected chi connectivity index (χ4v) is 2.11. The van der Waals surface area contributed by atoms with Crippen LogP contribution in [-0.2, 0) is 14.3 Å². The molecule has 2 saturated heterocycles. The van der Waals surface area contributed by atoms with E-state index in [9.17, 15) is 9.90 Å². The van der Waals surface area contributed by atoms with Crippen molar-refractivity contribution in [2.24, 2.45) is 5.92 Å². The van der Waals surface area contributed by atoms with Gasteiger partial charge in [0, 0.05) is 26.2 Å². The maximum atomic E-state index is 11.6. The monoisotopic (exact) mass is 229 g/mol. The number of aliphatic hydroxyl groups excluding tert-OH is 1. The summed E-state index contributed by atoms with van der Waals surface area (Å²) in [6.07, 6.45) is 1.98. The SMILES string of the molecule is O=C(OCC1CCOCC1)[C@@H]1C[C@@H](O)CN1. The van der Waals surface area contributed by atoms with Gasteiger partial charge in [-0.1, -0.05) is 0 Å². The Kier molecular flexibility index (Phi) is 4.15. The van der Waals surface area contributed by atoms with Crippen LogP contribution in [0.3, 0.4) is 0 Å². The molecular weight excluding hydrogens is 210 g/mol. The molecule has 5 heteroatoms. The van der Waals surface area contributed by atoms with E-state index in [1.165, 1.54) is 0 Å². The molecule has 0 spiro atoms. The highest BCUT2D eigenvalue weighted by Crippen LogP contribution is 2.16. The molecule has 5 nitrogen and oxygen atoms in total. The van der Waals surface area contributed by atoms with Crippen molar-refractivity contribution in [2.45, 2.75) is 31.4 Å². The second-order valence-electron chi connectivity index (χ2n) is 4.54. The lowest BCUT2D eigenvalue weighted by molar-refractivity contribution is -0.148. The topological polar surface area (TPSA) is 67.8 Å². The van der Waals surface area contributed by atoms with Gasteiger partial charge in [0.15, 0.2) is 0 Å². The number of esters is 1. The predicted molar refractivity (Wildman–Crippen MR) is 56.9 cm³/mol. The Bertz CT molecular complexity index is 240. The molecule has 0 aromatic rings. The molecule has 2 N–H and O–H groups in total. The van der Waals surface area contributed by atoms with Crippen LogP contribution in [-0.4, -0.2) is 49.6 Å². The highest BCUT2D eigenvalue weighted by atomic mass is 16.5. The molecule has 0 radical (unpaired) electrons. The number of rotatable bonds is 3. The maximum absolute atomic E-state index is 11.6. The molecule has 2 aliphatic rings. The summed E-state index contributed by atoms with van der Waals surface area (Å²) in [5.41, 5.74) is 0. The first kappa shape index (κ1) is 11.8. The van der Waals surface area contributed by atoms with Crippen LogP contribution in [0.1, 0.15) is 19.3 Å². The Balaban J connectivity index is 1.67. The van der Waals surface area contributed by atoms with Crippen LogP contribution in [0.4, 0.5) is 0 Å². The van der Waals surface area contributed by atoms with Gasteiger partial charge in [-0.25, -0.2) is 0 Å². The average molecular weight is 229 g/mol. The number of hydrogen-bond donors (Lipinski definition) is 2. The molecule has 0 aromatic heterocycles. The van der Waals surface area contributed by atoms with Crippen molar-refractivity contribution < 1.29 is 19.4 Å². The lowest BCUT2D eigenvalue weighted by Crippen LogP contribution is -2.34. The summed E-state index contributed by atoms with van der Waals surface area (Å²) in [4.78, 5) is 11.6. The Labute approximate surface area is 95.1 Å². The van der Waals surface area contributed by atoms with Crippen LogP contribution >= 0.6 is 0 Å². The molecule has 2 atom stereocenters. The van der Waals surface area contributed by atoms with E-state index >= 15 is 0 Å². The molecule has 0 aromatic carbocycles. The second-order valence-corrected chi connectivity index (χ2v) is 4.54. The third-order valence-electron chi connectivity index (χ3n) is 3.19. The summed E-state index contributed by atoms with van der Waals surface area (Å²) in [5.74, 6) is 0.201. The summed E-state index contributed by atoms with van der Waals surface area (Å²) in [7, 11) is 0. The number of aliphatic hydroxyl groups is 1. The van der Waals surface area contributed by atoms with Gasteiger partial charge in [-0.15, -0.1) is 0 Å². The molecule has 2 fully saturated rings. The van der Waals surface area contributed by atoms with E-state index in [0.717, 1.165) is 26.1 Å². The zero-order valence-corrected chi connectivity index (χ0v) is 9.35. The van der Waals surface area contributed by atoms with Gasteiger partial charge in [-0.2, -0.15) is 0 Å². The molecule has 2 aliphatic heterocycles. The zero-order valence-electron chi connectivity index (χ0n) is 9.35. The zero-order chi connectivity index (χ0) is 11.4. The second kappa shape index (κ2) is 5.61. The molecule has 16 heavy (non-hydrogen) atoms. The van der Waals surface area contributed by atoms with Crippen molar-refractivity contribution in [3.8, 4) is 0 Å². The molecule has 2 heterocycles. The molecule has 0 aliphatic carbocycles. The first-order chi connectivity index (χ1) is 7.75. The molecule has 2 rings (SSSR count). The van der Waals surface area contributed by atoms with Crippen molar-refractivity contribution in [1.29, 1.82) is 0 Å². The number of carbonyl (C=O) groups excluding carboxylic acids is 1. The molecule has 0 unspecified atom stereocenters. The number of ether oxygens (including phenoxy) is 2. The molecule has 0 amide bonds. The fraction of sp³-hybridized carbons (Fsp3) is 0.909. The minimum Gasteiger partial charge on any atom is -0.464 e. The highest BCUT2D eigenvalue weighted by molar-refractivity contribution is 5.76. The quantitative estimate of drug-likeness (QED) is 0.649. The van der Waals surface area contributed by atoms with Crippen molar-refractivity contribution in [2.75, 3.05) is 26.4 Å². The van der Waals surface area contributed by atoms with Crippen molar-refractivity contribution >= 4 is 5.97 Å². The van der Waals surface area contributed by atoms with E-state index < -0.39 is 6.10 Å². The van der Waals surface area contributed by atoms with Crippen LogP contribution < -0.4 is 5.32 Å². The Morgan fingerprint density at radius 2 is 2.19 bits per heavy atom. The van der Waals surface area contributed by atoms with Gasteiger partial charge in [-0.05, 0) is 18.8 Å². The van der Waals surface area contributed by atoms with E-state index in [-0.39, 0.29) is 12.0 Å². The maximum Gasteiger partial charge on any atom is 0.323 e. The average Bonchev–Trinajstić information content (AvgIpc) is 2.74. The van der Waals surface area contributed by atoms with Gasteiger partial charge in [0.2, 0.25) is 0 Å². The summed E-state index contributed by atoms with van der Waals surface area (Å²) in [6.45, 7) is 2.50. The number of β-amino-alcohol motifs (C(OH)–C–C–N with tert-alkyl or cyclic N) is 1. The van der Waals surface area contributed by atoms with E-state index in [4.69, 9.17) is 9.47 Å². The van der Waals surface area contributed by atoms with Gasteiger partial charge in [0.05, 0.1) is 12.7 Å². The standard InChI is InChI=1S/C11H19NO4/c13-9-5-10(12-6-9)11(14)16-7-8-1-3-15-4-2-8/h8-10,12-13H,1-7H2/t9-,10+/m1/s1. The largest absolute Gasteiger partial charge is 0.464 e. The van der Waals surface area contributed by atoms with Gasteiger partial charge in [-0.3, -0.25) is 4.79 Å². The van der Waals surface area contributed by atoms with Crippen LogP contribution in [0.25, 0.3) is 0 Å². The van der Waals surface area contributed by atoms with Gasteiger partial charge in [0.25, 0.3) is 0 Å².